The van der Waals surface area contributed by atoms with Crippen LogP contribution < -0.4 is 0 Å². The van der Waals surface area contributed by atoms with Gasteiger partial charge < -0.3 is 4.74 Å². The van der Waals surface area contributed by atoms with E-state index in [0.29, 0.717) is 5.56 Å². The second-order valence-electron chi connectivity index (χ2n) is 3.55. The van der Waals surface area contributed by atoms with Crippen LogP contribution in [0.15, 0.2) is 24.3 Å². The van der Waals surface area contributed by atoms with Crippen LogP contribution in [0.3, 0.4) is 0 Å². The van der Waals surface area contributed by atoms with Crippen molar-refractivity contribution in [1.29, 1.82) is 0 Å². The second-order valence-corrected chi connectivity index (χ2v) is 3.55. The molecule has 0 radical (unpaired) electrons. The smallest absolute Gasteiger partial charge is 0.305 e. The Morgan fingerprint density at radius 2 is 1.75 bits per heavy atom. The standard InChI is InChI=1S/C13H16O3/c1-3-10-4-6-11(7-5-10)12(14)8-9-13(15)16-2/h4-7H,3,8-9H2,1-2H3. The van der Waals surface area contributed by atoms with Crippen LogP contribution in [0.4, 0.5) is 0 Å². The predicted molar refractivity (Wildman–Crippen MR) is 61.4 cm³/mol. The zero-order valence-electron chi connectivity index (χ0n) is 9.66. The minimum atomic E-state index is -0.349. The van der Waals surface area contributed by atoms with Gasteiger partial charge in [-0.05, 0) is 12.0 Å². The molecule has 1 aromatic carbocycles. The molecule has 0 unspecified atom stereocenters. The number of aryl methyl sites for hydroxylation is 1. The molecular weight excluding hydrogens is 204 g/mol. The molecule has 86 valence electrons. The molecule has 3 nitrogen and oxygen atoms in total. The number of carbonyl (C=O) groups is 2. The van der Waals surface area contributed by atoms with Gasteiger partial charge in [0.15, 0.2) is 5.78 Å². The summed E-state index contributed by atoms with van der Waals surface area (Å²) in [7, 11) is 1.32. The zero-order chi connectivity index (χ0) is 12.0. The van der Waals surface area contributed by atoms with Crippen LogP contribution in [-0.2, 0) is 16.0 Å². The van der Waals surface area contributed by atoms with Gasteiger partial charge >= 0.3 is 5.97 Å². The summed E-state index contributed by atoms with van der Waals surface area (Å²) in [6, 6.07) is 7.48. The normalized spacial score (nSPS) is 9.88. The molecule has 1 rings (SSSR count). The van der Waals surface area contributed by atoms with Crippen molar-refractivity contribution >= 4 is 11.8 Å². The van der Waals surface area contributed by atoms with Gasteiger partial charge in [0.05, 0.1) is 13.5 Å². The topological polar surface area (TPSA) is 43.4 Å². The first-order valence-corrected chi connectivity index (χ1v) is 5.36. The maximum Gasteiger partial charge on any atom is 0.305 e. The molecule has 0 aliphatic rings. The molecule has 3 heteroatoms. The Kier molecular flexibility index (Phi) is 4.70. The summed E-state index contributed by atoms with van der Waals surface area (Å²) >= 11 is 0. The average molecular weight is 220 g/mol. The molecule has 16 heavy (non-hydrogen) atoms. The van der Waals surface area contributed by atoms with Gasteiger partial charge in [-0.2, -0.15) is 0 Å². The first kappa shape index (κ1) is 12.4. The Bertz CT molecular complexity index is 365. The molecule has 0 bridgehead atoms. The maximum absolute atomic E-state index is 11.7. The number of benzene rings is 1. The summed E-state index contributed by atoms with van der Waals surface area (Å²) in [4.78, 5) is 22.5. The molecule has 0 aromatic heterocycles. The fourth-order valence-corrected chi connectivity index (χ4v) is 1.39. The molecule has 0 atom stereocenters. The highest BCUT2D eigenvalue weighted by Gasteiger charge is 2.08. The predicted octanol–water partition coefficient (Wildman–Crippen LogP) is 2.38. The summed E-state index contributed by atoms with van der Waals surface area (Å²) in [5.74, 6) is -0.369. The Labute approximate surface area is 95.4 Å². The van der Waals surface area contributed by atoms with Gasteiger partial charge in [-0.1, -0.05) is 31.2 Å². The molecule has 1 aromatic rings. The number of ether oxygens (including phenoxy) is 1. The number of hydrogen-bond donors (Lipinski definition) is 0. The van der Waals surface area contributed by atoms with Gasteiger partial charge in [0.2, 0.25) is 0 Å². The molecule has 0 N–H and O–H groups in total. The molecule has 0 saturated carbocycles. The van der Waals surface area contributed by atoms with E-state index in [1.54, 1.807) is 12.1 Å². The lowest BCUT2D eigenvalue weighted by molar-refractivity contribution is -0.140. The van der Waals surface area contributed by atoms with Crippen molar-refractivity contribution in [3.8, 4) is 0 Å². The van der Waals surface area contributed by atoms with Crippen molar-refractivity contribution in [2.75, 3.05) is 7.11 Å². The summed E-state index contributed by atoms with van der Waals surface area (Å²) in [6.45, 7) is 2.06. The second kappa shape index (κ2) is 6.05. The Hall–Kier alpha value is -1.64. The van der Waals surface area contributed by atoms with Gasteiger partial charge in [0.25, 0.3) is 0 Å². The third-order valence-corrected chi connectivity index (χ3v) is 2.47. The van der Waals surface area contributed by atoms with Crippen LogP contribution >= 0.6 is 0 Å². The number of methoxy groups -OCH3 is 1. The van der Waals surface area contributed by atoms with E-state index in [2.05, 4.69) is 11.7 Å². The van der Waals surface area contributed by atoms with E-state index >= 15 is 0 Å². The molecule has 0 saturated heterocycles. The SMILES string of the molecule is CCc1ccc(C(=O)CCC(=O)OC)cc1. The Morgan fingerprint density at radius 3 is 2.25 bits per heavy atom. The van der Waals surface area contributed by atoms with Gasteiger partial charge in [0, 0.05) is 12.0 Å². The number of ketones is 1. The third-order valence-electron chi connectivity index (χ3n) is 2.47. The largest absolute Gasteiger partial charge is 0.469 e. The fraction of sp³-hybridized carbons (Fsp3) is 0.385. The lowest BCUT2D eigenvalue weighted by atomic mass is 10.0. The van der Waals surface area contributed by atoms with Crippen molar-refractivity contribution in [3.05, 3.63) is 35.4 Å². The minimum absolute atomic E-state index is 0.0203. The van der Waals surface area contributed by atoms with Crippen molar-refractivity contribution in [2.24, 2.45) is 0 Å². The molecule has 0 spiro atoms. The van der Waals surface area contributed by atoms with E-state index in [1.165, 1.54) is 12.7 Å². The minimum Gasteiger partial charge on any atom is -0.469 e. The van der Waals surface area contributed by atoms with E-state index in [0.717, 1.165) is 6.42 Å². The van der Waals surface area contributed by atoms with Crippen LogP contribution in [0.5, 0.6) is 0 Å². The number of Topliss-reactive ketones (excluding diaryl/α,β-unsaturated/α-hetero) is 1. The van der Waals surface area contributed by atoms with Gasteiger partial charge in [-0.15, -0.1) is 0 Å². The maximum atomic E-state index is 11.7. The molecule has 0 amide bonds. The number of carbonyl (C=O) groups excluding carboxylic acids is 2. The molecule has 0 fully saturated rings. The van der Waals surface area contributed by atoms with Crippen LogP contribution in [0.1, 0.15) is 35.7 Å². The van der Waals surface area contributed by atoms with Crippen LogP contribution in [0.25, 0.3) is 0 Å². The molecule has 0 heterocycles. The highest BCUT2D eigenvalue weighted by molar-refractivity contribution is 5.97. The third kappa shape index (κ3) is 3.50. The van der Waals surface area contributed by atoms with Gasteiger partial charge in [-0.3, -0.25) is 9.59 Å². The fourth-order valence-electron chi connectivity index (χ4n) is 1.39. The quantitative estimate of drug-likeness (QED) is 0.565. The van der Waals surface area contributed by atoms with E-state index in [-0.39, 0.29) is 24.6 Å². The average Bonchev–Trinajstić information content (AvgIpc) is 2.35. The molecular formula is C13H16O3. The summed E-state index contributed by atoms with van der Waals surface area (Å²) < 4.78 is 4.48. The van der Waals surface area contributed by atoms with Crippen molar-refractivity contribution in [1.82, 2.24) is 0 Å². The van der Waals surface area contributed by atoms with Crippen LogP contribution in [0.2, 0.25) is 0 Å². The van der Waals surface area contributed by atoms with E-state index in [4.69, 9.17) is 0 Å². The first-order valence-electron chi connectivity index (χ1n) is 5.36. The van der Waals surface area contributed by atoms with Crippen molar-refractivity contribution < 1.29 is 14.3 Å². The Morgan fingerprint density at radius 1 is 1.12 bits per heavy atom. The number of hydrogen-bond acceptors (Lipinski definition) is 3. The molecule has 0 aliphatic carbocycles. The molecule has 0 aliphatic heterocycles. The number of esters is 1. The van der Waals surface area contributed by atoms with Crippen molar-refractivity contribution in [3.63, 3.8) is 0 Å². The lowest BCUT2D eigenvalue weighted by Gasteiger charge is -2.02. The summed E-state index contributed by atoms with van der Waals surface area (Å²) in [5, 5.41) is 0. The lowest BCUT2D eigenvalue weighted by Crippen LogP contribution is -2.06. The summed E-state index contributed by atoms with van der Waals surface area (Å²) in [5.41, 5.74) is 1.85. The Balaban J connectivity index is 2.56. The van der Waals surface area contributed by atoms with Gasteiger partial charge in [-0.25, -0.2) is 0 Å². The van der Waals surface area contributed by atoms with Gasteiger partial charge in [0.1, 0.15) is 0 Å². The van der Waals surface area contributed by atoms with E-state index in [9.17, 15) is 9.59 Å². The highest BCUT2D eigenvalue weighted by Crippen LogP contribution is 2.09. The summed E-state index contributed by atoms with van der Waals surface area (Å²) in [6.07, 6.45) is 1.31. The highest BCUT2D eigenvalue weighted by atomic mass is 16.5. The van der Waals surface area contributed by atoms with E-state index in [1.807, 2.05) is 12.1 Å². The monoisotopic (exact) mass is 220 g/mol. The first-order chi connectivity index (χ1) is 7.67. The van der Waals surface area contributed by atoms with E-state index < -0.39 is 0 Å². The van der Waals surface area contributed by atoms with Crippen molar-refractivity contribution in [2.45, 2.75) is 26.2 Å². The number of rotatable bonds is 5. The van der Waals surface area contributed by atoms with Crippen LogP contribution in [-0.4, -0.2) is 18.9 Å². The van der Waals surface area contributed by atoms with Crippen LogP contribution in [0, 0.1) is 0 Å². The zero-order valence-corrected chi connectivity index (χ0v) is 9.66.